The lowest BCUT2D eigenvalue weighted by Gasteiger charge is -2.08. The molecular formula is C14H15ClN4O5S2. The number of halogens is 1. The third-order valence-corrected chi connectivity index (χ3v) is 5.82. The summed E-state index contributed by atoms with van der Waals surface area (Å²) in [5, 5.41) is 9.72. The van der Waals surface area contributed by atoms with Crippen molar-refractivity contribution in [2.45, 2.75) is 24.6 Å². The van der Waals surface area contributed by atoms with Crippen molar-refractivity contribution < 1.29 is 22.7 Å². The highest BCUT2D eigenvalue weighted by Crippen LogP contribution is 2.26. The summed E-state index contributed by atoms with van der Waals surface area (Å²) in [5.74, 6) is -0.910. The van der Waals surface area contributed by atoms with Gasteiger partial charge in [-0.05, 0) is 25.1 Å². The van der Waals surface area contributed by atoms with Crippen LogP contribution in [-0.2, 0) is 19.6 Å². The molecule has 0 aliphatic heterocycles. The summed E-state index contributed by atoms with van der Waals surface area (Å²) in [5.41, 5.74) is 0.259. The molecule has 9 nitrogen and oxygen atoms in total. The number of esters is 1. The third kappa shape index (κ3) is 4.90. The Morgan fingerprint density at radius 1 is 1.27 bits per heavy atom. The Hall–Kier alpha value is -2.24. The van der Waals surface area contributed by atoms with Gasteiger partial charge in [-0.15, -0.1) is 10.2 Å². The first-order valence-corrected chi connectivity index (χ1v) is 10.1. The minimum atomic E-state index is -4.03. The summed E-state index contributed by atoms with van der Waals surface area (Å²) in [6, 6.07) is 4.01. The summed E-state index contributed by atoms with van der Waals surface area (Å²) in [7, 11) is -4.03. The maximum Gasteiger partial charge on any atom is 0.339 e. The van der Waals surface area contributed by atoms with Crippen LogP contribution in [0.4, 0.5) is 10.8 Å². The van der Waals surface area contributed by atoms with Gasteiger partial charge in [0.1, 0.15) is 0 Å². The first-order chi connectivity index (χ1) is 12.3. The van der Waals surface area contributed by atoms with Crippen LogP contribution in [-0.4, -0.2) is 37.1 Å². The van der Waals surface area contributed by atoms with E-state index in [1.807, 2.05) is 0 Å². The topological polar surface area (TPSA) is 127 Å². The fourth-order valence-corrected chi connectivity index (χ4v) is 3.95. The number of amides is 1. The summed E-state index contributed by atoms with van der Waals surface area (Å²) in [6.45, 7) is 3.50. The molecule has 26 heavy (non-hydrogen) atoms. The molecule has 12 heteroatoms. The highest BCUT2D eigenvalue weighted by Gasteiger charge is 2.22. The van der Waals surface area contributed by atoms with Gasteiger partial charge in [-0.1, -0.05) is 29.9 Å². The van der Waals surface area contributed by atoms with Crippen molar-refractivity contribution in [2.75, 3.05) is 16.6 Å². The van der Waals surface area contributed by atoms with Gasteiger partial charge in [0.25, 0.3) is 14.4 Å². The summed E-state index contributed by atoms with van der Waals surface area (Å²) >= 11 is 6.71. The van der Waals surface area contributed by atoms with Gasteiger partial charge < -0.3 is 10.1 Å². The van der Waals surface area contributed by atoms with E-state index in [1.165, 1.54) is 18.2 Å². The molecule has 0 spiro atoms. The largest absolute Gasteiger partial charge is 0.462 e. The molecule has 1 aromatic carbocycles. The lowest BCUT2D eigenvalue weighted by molar-refractivity contribution is -0.115. The third-order valence-electron chi connectivity index (χ3n) is 2.92. The van der Waals surface area contributed by atoms with Crippen molar-refractivity contribution >= 4 is 55.7 Å². The summed E-state index contributed by atoms with van der Waals surface area (Å²) in [6.07, 6.45) is 0.227. The van der Waals surface area contributed by atoms with E-state index in [2.05, 4.69) is 20.2 Å². The Morgan fingerprint density at radius 2 is 2.00 bits per heavy atom. The van der Waals surface area contributed by atoms with Gasteiger partial charge in [-0.25, -0.2) is 4.79 Å². The average Bonchev–Trinajstić information content (AvgIpc) is 3.04. The SMILES string of the molecule is CCOC(=O)c1ccc(NS(=O)(=O)c2nnc(NC(=O)CC)s2)cc1Cl. The van der Waals surface area contributed by atoms with Gasteiger partial charge in [0.15, 0.2) is 0 Å². The zero-order valence-corrected chi connectivity index (χ0v) is 16.2. The second-order valence-electron chi connectivity index (χ2n) is 4.80. The van der Waals surface area contributed by atoms with Gasteiger partial charge in [-0.3, -0.25) is 9.52 Å². The van der Waals surface area contributed by atoms with Crippen molar-refractivity contribution in [1.82, 2.24) is 10.2 Å². The Morgan fingerprint density at radius 3 is 2.62 bits per heavy atom. The van der Waals surface area contributed by atoms with Crippen LogP contribution in [0, 0.1) is 0 Å². The number of benzene rings is 1. The highest BCUT2D eigenvalue weighted by atomic mass is 35.5. The minimum Gasteiger partial charge on any atom is -0.462 e. The van der Waals surface area contributed by atoms with E-state index >= 15 is 0 Å². The van der Waals surface area contributed by atoms with Crippen LogP contribution in [0.5, 0.6) is 0 Å². The fraction of sp³-hybridized carbons (Fsp3) is 0.286. The van der Waals surface area contributed by atoms with E-state index in [-0.39, 0.29) is 44.7 Å². The summed E-state index contributed by atoms with van der Waals surface area (Å²) < 4.78 is 31.5. The lowest BCUT2D eigenvalue weighted by Crippen LogP contribution is -2.13. The molecule has 0 radical (unpaired) electrons. The number of hydrogen-bond donors (Lipinski definition) is 2. The Balaban J connectivity index is 2.18. The number of rotatable bonds is 7. The molecule has 1 aromatic heterocycles. The molecule has 1 heterocycles. The monoisotopic (exact) mass is 418 g/mol. The van der Waals surface area contributed by atoms with Crippen molar-refractivity contribution in [3.8, 4) is 0 Å². The van der Waals surface area contributed by atoms with Crippen LogP contribution in [0.25, 0.3) is 0 Å². The van der Waals surface area contributed by atoms with Gasteiger partial charge in [0, 0.05) is 6.42 Å². The quantitative estimate of drug-likeness (QED) is 0.522. The minimum absolute atomic E-state index is 0.0387. The van der Waals surface area contributed by atoms with Crippen LogP contribution < -0.4 is 10.0 Å². The Kier molecular flexibility index (Phi) is 6.51. The van der Waals surface area contributed by atoms with E-state index in [0.717, 1.165) is 0 Å². The van der Waals surface area contributed by atoms with Crippen LogP contribution in [0.2, 0.25) is 5.02 Å². The molecule has 0 atom stereocenters. The normalized spacial score (nSPS) is 11.0. The van der Waals surface area contributed by atoms with Crippen LogP contribution in [0.3, 0.4) is 0 Å². The molecular weight excluding hydrogens is 404 g/mol. The number of hydrogen-bond acceptors (Lipinski definition) is 8. The molecule has 2 aromatic rings. The standard InChI is InChI=1S/C14H15ClN4O5S2/c1-3-11(20)16-13-17-18-14(25-13)26(22,23)19-8-5-6-9(10(15)7-8)12(21)24-4-2/h5-7,19H,3-4H2,1-2H3,(H,16,17,20). The molecule has 0 saturated carbocycles. The maximum absolute atomic E-state index is 12.4. The van der Waals surface area contributed by atoms with Crippen molar-refractivity contribution in [3.63, 3.8) is 0 Å². The van der Waals surface area contributed by atoms with E-state index < -0.39 is 16.0 Å². The van der Waals surface area contributed by atoms with Gasteiger partial charge in [-0.2, -0.15) is 8.42 Å². The van der Waals surface area contributed by atoms with E-state index in [9.17, 15) is 18.0 Å². The molecule has 0 aliphatic carbocycles. The van der Waals surface area contributed by atoms with E-state index in [1.54, 1.807) is 13.8 Å². The molecule has 0 unspecified atom stereocenters. The maximum atomic E-state index is 12.4. The van der Waals surface area contributed by atoms with Crippen molar-refractivity contribution in [3.05, 3.63) is 28.8 Å². The van der Waals surface area contributed by atoms with Crippen molar-refractivity contribution in [1.29, 1.82) is 0 Å². The van der Waals surface area contributed by atoms with Crippen LogP contribution >= 0.6 is 22.9 Å². The van der Waals surface area contributed by atoms with Crippen LogP contribution in [0.1, 0.15) is 30.6 Å². The lowest BCUT2D eigenvalue weighted by atomic mass is 10.2. The number of ether oxygens (including phenoxy) is 1. The van der Waals surface area contributed by atoms with Gasteiger partial charge >= 0.3 is 5.97 Å². The molecule has 0 aliphatic rings. The number of aromatic nitrogens is 2. The Labute approximate surface area is 158 Å². The van der Waals surface area contributed by atoms with E-state index in [4.69, 9.17) is 16.3 Å². The molecule has 140 valence electrons. The smallest absolute Gasteiger partial charge is 0.339 e. The number of nitrogens with zero attached hydrogens (tertiary/aromatic N) is 2. The summed E-state index contributed by atoms with van der Waals surface area (Å²) in [4.78, 5) is 23.0. The fourth-order valence-electron chi connectivity index (χ4n) is 1.73. The highest BCUT2D eigenvalue weighted by molar-refractivity contribution is 7.94. The number of anilines is 2. The molecule has 2 rings (SSSR count). The number of carbonyl (C=O) groups excluding carboxylic acids is 2. The molecule has 0 bridgehead atoms. The molecule has 0 fully saturated rings. The average molecular weight is 419 g/mol. The van der Waals surface area contributed by atoms with Gasteiger partial charge in [0.2, 0.25) is 11.0 Å². The number of nitrogens with one attached hydrogen (secondary N) is 2. The number of sulfonamides is 1. The first kappa shape index (κ1) is 20.1. The van der Waals surface area contributed by atoms with Gasteiger partial charge in [0.05, 0.1) is 22.9 Å². The zero-order valence-electron chi connectivity index (χ0n) is 13.8. The van der Waals surface area contributed by atoms with E-state index in [0.29, 0.717) is 11.3 Å². The zero-order chi connectivity index (χ0) is 19.3. The second kappa shape index (κ2) is 8.43. The van der Waals surface area contributed by atoms with Crippen LogP contribution in [0.15, 0.2) is 22.5 Å². The predicted molar refractivity (Wildman–Crippen MR) is 97.0 cm³/mol. The predicted octanol–water partition coefficient (Wildman–Crippen LogP) is 2.52. The second-order valence-corrected chi connectivity index (χ2v) is 8.04. The molecule has 1 amide bonds. The number of carbonyl (C=O) groups is 2. The molecule has 0 saturated heterocycles. The Bertz CT molecular complexity index is 929. The molecule has 2 N–H and O–H groups in total. The van der Waals surface area contributed by atoms with Crippen molar-refractivity contribution in [2.24, 2.45) is 0 Å². The first-order valence-electron chi connectivity index (χ1n) is 7.39.